The molecule has 3 aromatic rings. The predicted molar refractivity (Wildman–Crippen MR) is 110 cm³/mol. The summed E-state index contributed by atoms with van der Waals surface area (Å²) in [6.07, 6.45) is 1.69. The van der Waals surface area contributed by atoms with Crippen molar-refractivity contribution in [2.75, 3.05) is 11.4 Å². The average Bonchev–Trinajstić information content (AvgIpc) is 2.67. The molecule has 0 aliphatic rings. The fourth-order valence-electron chi connectivity index (χ4n) is 3.05. The highest BCUT2D eigenvalue weighted by Crippen LogP contribution is 2.20. The minimum absolute atomic E-state index is 0.163. The summed E-state index contributed by atoms with van der Waals surface area (Å²) in [5.41, 5.74) is 2.61. The Hall–Kier alpha value is -2.85. The van der Waals surface area contributed by atoms with Crippen molar-refractivity contribution in [2.24, 2.45) is 0 Å². The normalized spacial score (nSPS) is 10.6. The lowest BCUT2D eigenvalue weighted by molar-refractivity contribution is 0.0986. The number of aromatic nitrogens is 1. The first-order valence-corrected chi connectivity index (χ1v) is 9.20. The van der Waals surface area contributed by atoms with Crippen LogP contribution in [0.3, 0.4) is 0 Å². The molecule has 2 aromatic carbocycles. The number of anilines is 1. The molecule has 0 atom stereocenters. The fourth-order valence-corrected chi connectivity index (χ4v) is 3.17. The maximum atomic E-state index is 13.1. The molecule has 0 radical (unpaired) electrons. The van der Waals surface area contributed by atoms with Crippen molar-refractivity contribution in [3.63, 3.8) is 0 Å². The van der Waals surface area contributed by atoms with Crippen LogP contribution in [0.1, 0.15) is 28.4 Å². The maximum Gasteiger partial charge on any atom is 0.263 e. The average molecular weight is 381 g/mol. The number of halogens is 1. The number of carbonyl (C=O) groups is 1. The smallest absolute Gasteiger partial charge is 0.263 e. The van der Waals surface area contributed by atoms with Crippen molar-refractivity contribution in [1.29, 1.82) is 0 Å². The summed E-state index contributed by atoms with van der Waals surface area (Å²) in [4.78, 5) is 27.6. The van der Waals surface area contributed by atoms with Crippen LogP contribution in [0.2, 0.25) is 5.02 Å². The SMILES string of the molecule is CCN(C(=O)c1cccn(Cc2ccc(Cl)cc2)c1=O)c1ccccc1C. The highest BCUT2D eigenvalue weighted by atomic mass is 35.5. The van der Waals surface area contributed by atoms with Gasteiger partial charge in [0.05, 0.1) is 6.54 Å². The largest absolute Gasteiger partial charge is 0.310 e. The van der Waals surface area contributed by atoms with Crippen LogP contribution in [0.5, 0.6) is 0 Å². The van der Waals surface area contributed by atoms with Gasteiger partial charge in [0.15, 0.2) is 0 Å². The lowest BCUT2D eigenvalue weighted by Gasteiger charge is -2.23. The van der Waals surface area contributed by atoms with E-state index in [2.05, 4.69) is 0 Å². The van der Waals surface area contributed by atoms with E-state index in [9.17, 15) is 9.59 Å². The minimum Gasteiger partial charge on any atom is -0.310 e. The molecule has 0 spiro atoms. The summed E-state index contributed by atoms with van der Waals surface area (Å²) in [6.45, 7) is 4.72. The summed E-state index contributed by atoms with van der Waals surface area (Å²) in [5, 5.41) is 0.645. The highest BCUT2D eigenvalue weighted by Gasteiger charge is 2.21. The highest BCUT2D eigenvalue weighted by molar-refractivity contribution is 6.30. The van der Waals surface area contributed by atoms with Crippen LogP contribution in [0.15, 0.2) is 71.7 Å². The third-order valence-electron chi connectivity index (χ3n) is 4.48. The Kier molecular flexibility index (Phi) is 5.77. The Balaban J connectivity index is 1.94. The van der Waals surface area contributed by atoms with Crippen LogP contribution >= 0.6 is 11.6 Å². The summed E-state index contributed by atoms with van der Waals surface area (Å²) >= 11 is 5.92. The third-order valence-corrected chi connectivity index (χ3v) is 4.74. The topological polar surface area (TPSA) is 42.3 Å². The molecule has 0 N–H and O–H groups in total. The minimum atomic E-state index is -0.301. The van der Waals surface area contributed by atoms with Gasteiger partial charge in [0.2, 0.25) is 0 Å². The van der Waals surface area contributed by atoms with E-state index in [1.807, 2.05) is 50.2 Å². The third kappa shape index (κ3) is 4.12. The number of pyridine rings is 1. The molecule has 0 saturated carbocycles. The lowest BCUT2D eigenvalue weighted by Crippen LogP contribution is -2.37. The number of aryl methyl sites for hydroxylation is 1. The van der Waals surface area contributed by atoms with Gasteiger partial charge in [-0.05, 0) is 55.3 Å². The summed E-state index contributed by atoms with van der Waals surface area (Å²) in [6, 6.07) is 18.3. The van der Waals surface area contributed by atoms with E-state index in [0.29, 0.717) is 18.1 Å². The van der Waals surface area contributed by atoms with Gasteiger partial charge in [0.1, 0.15) is 5.56 Å². The second kappa shape index (κ2) is 8.23. The molecule has 0 bridgehead atoms. The van der Waals surface area contributed by atoms with Crippen LogP contribution in [0.4, 0.5) is 5.69 Å². The second-order valence-electron chi connectivity index (χ2n) is 6.32. The van der Waals surface area contributed by atoms with E-state index in [4.69, 9.17) is 11.6 Å². The molecule has 1 aromatic heterocycles. The van der Waals surface area contributed by atoms with Gasteiger partial charge in [0, 0.05) is 23.5 Å². The van der Waals surface area contributed by atoms with Crippen LogP contribution in [-0.4, -0.2) is 17.0 Å². The molecular weight excluding hydrogens is 360 g/mol. The fraction of sp³-hybridized carbons (Fsp3) is 0.182. The van der Waals surface area contributed by atoms with Crippen LogP contribution < -0.4 is 10.5 Å². The van der Waals surface area contributed by atoms with Crippen LogP contribution in [0.25, 0.3) is 0 Å². The Bertz CT molecular complexity index is 1010. The van der Waals surface area contributed by atoms with Crippen molar-refractivity contribution in [3.05, 3.63) is 98.9 Å². The molecule has 0 aliphatic heterocycles. The predicted octanol–water partition coefficient (Wildman–Crippen LogP) is 4.53. The first-order chi connectivity index (χ1) is 13.0. The van der Waals surface area contributed by atoms with E-state index < -0.39 is 0 Å². The van der Waals surface area contributed by atoms with Crippen molar-refractivity contribution in [2.45, 2.75) is 20.4 Å². The standard InChI is InChI=1S/C22H21ClN2O2/c1-3-25(20-9-5-4-7-16(20)2)22(27)19-8-6-14-24(21(19)26)15-17-10-12-18(23)13-11-17/h4-14H,3,15H2,1-2H3. The molecule has 1 amide bonds. The molecule has 0 aliphatic carbocycles. The molecule has 5 heteroatoms. The van der Waals surface area contributed by atoms with Gasteiger partial charge in [-0.15, -0.1) is 0 Å². The monoisotopic (exact) mass is 380 g/mol. The number of hydrogen-bond acceptors (Lipinski definition) is 2. The van der Waals surface area contributed by atoms with Crippen molar-refractivity contribution < 1.29 is 4.79 Å². The van der Waals surface area contributed by atoms with E-state index in [-0.39, 0.29) is 17.0 Å². The van der Waals surface area contributed by atoms with E-state index in [1.54, 1.807) is 39.9 Å². The van der Waals surface area contributed by atoms with Gasteiger partial charge in [-0.25, -0.2) is 0 Å². The second-order valence-corrected chi connectivity index (χ2v) is 6.75. The van der Waals surface area contributed by atoms with Crippen molar-refractivity contribution in [3.8, 4) is 0 Å². The molecule has 0 unspecified atom stereocenters. The molecule has 138 valence electrons. The van der Waals surface area contributed by atoms with Gasteiger partial charge < -0.3 is 9.47 Å². The Labute approximate surface area is 163 Å². The number of amides is 1. The molecule has 0 fully saturated rings. The van der Waals surface area contributed by atoms with E-state index in [1.165, 1.54) is 0 Å². The Morgan fingerprint density at radius 3 is 2.41 bits per heavy atom. The number of hydrogen-bond donors (Lipinski definition) is 0. The summed E-state index contributed by atoms with van der Waals surface area (Å²) < 4.78 is 1.54. The van der Waals surface area contributed by atoms with Crippen LogP contribution in [-0.2, 0) is 6.54 Å². The van der Waals surface area contributed by atoms with E-state index in [0.717, 1.165) is 16.8 Å². The Morgan fingerprint density at radius 2 is 1.74 bits per heavy atom. The Morgan fingerprint density at radius 1 is 1.04 bits per heavy atom. The number of rotatable bonds is 5. The summed E-state index contributed by atoms with van der Waals surface area (Å²) in [7, 11) is 0. The summed E-state index contributed by atoms with van der Waals surface area (Å²) in [5.74, 6) is -0.290. The molecule has 0 saturated heterocycles. The van der Waals surface area contributed by atoms with Gasteiger partial charge in [-0.2, -0.15) is 0 Å². The van der Waals surface area contributed by atoms with Gasteiger partial charge in [-0.3, -0.25) is 9.59 Å². The number of para-hydroxylation sites is 1. The number of nitrogens with zero attached hydrogens (tertiary/aromatic N) is 2. The molecule has 27 heavy (non-hydrogen) atoms. The van der Waals surface area contributed by atoms with E-state index >= 15 is 0 Å². The molecule has 3 rings (SSSR count). The van der Waals surface area contributed by atoms with Crippen molar-refractivity contribution >= 4 is 23.2 Å². The number of benzene rings is 2. The zero-order chi connectivity index (χ0) is 19.4. The number of carbonyl (C=O) groups excluding carboxylic acids is 1. The lowest BCUT2D eigenvalue weighted by atomic mass is 10.1. The molecule has 1 heterocycles. The zero-order valence-corrected chi connectivity index (χ0v) is 16.1. The first-order valence-electron chi connectivity index (χ1n) is 8.82. The quantitative estimate of drug-likeness (QED) is 0.652. The first kappa shape index (κ1) is 18.9. The molecular formula is C22H21ClN2O2. The van der Waals surface area contributed by atoms with Crippen LogP contribution in [0, 0.1) is 6.92 Å². The molecule has 4 nitrogen and oxygen atoms in total. The zero-order valence-electron chi connectivity index (χ0n) is 15.4. The van der Waals surface area contributed by atoms with Gasteiger partial charge in [-0.1, -0.05) is 41.9 Å². The van der Waals surface area contributed by atoms with Gasteiger partial charge >= 0.3 is 0 Å². The maximum absolute atomic E-state index is 13.1. The van der Waals surface area contributed by atoms with Crippen molar-refractivity contribution in [1.82, 2.24) is 4.57 Å². The van der Waals surface area contributed by atoms with Gasteiger partial charge in [0.25, 0.3) is 11.5 Å².